The number of methoxy groups -OCH3 is 1. The van der Waals surface area contributed by atoms with Crippen LogP contribution < -0.4 is 16.0 Å². The van der Waals surface area contributed by atoms with E-state index in [0.717, 1.165) is 25.9 Å². The minimum absolute atomic E-state index is 0.139. The SMILES string of the molecule is COc1cccc(C(CC2CCCCO2)NN)c1F. The number of hydrazine groups is 1. The standard InChI is InChI=1S/C14H21FN2O2/c1-18-13-7-4-6-11(14(13)15)12(17-16)9-10-5-2-3-8-19-10/h4,6-7,10,12,17H,2-3,5,8-9,16H2,1H3. The van der Waals surface area contributed by atoms with Crippen molar-refractivity contribution >= 4 is 0 Å². The molecule has 0 aliphatic carbocycles. The fraction of sp³-hybridized carbons (Fsp3) is 0.571. The first kappa shape index (κ1) is 14.2. The lowest BCUT2D eigenvalue weighted by Crippen LogP contribution is -2.33. The zero-order chi connectivity index (χ0) is 13.7. The van der Waals surface area contributed by atoms with Crippen LogP contribution >= 0.6 is 0 Å². The van der Waals surface area contributed by atoms with Gasteiger partial charge < -0.3 is 9.47 Å². The highest BCUT2D eigenvalue weighted by Gasteiger charge is 2.23. The van der Waals surface area contributed by atoms with Crippen LogP contribution in [0.2, 0.25) is 0 Å². The van der Waals surface area contributed by atoms with Gasteiger partial charge in [-0.15, -0.1) is 0 Å². The summed E-state index contributed by atoms with van der Waals surface area (Å²) in [5.41, 5.74) is 3.21. The van der Waals surface area contributed by atoms with E-state index in [0.29, 0.717) is 12.0 Å². The molecule has 1 aromatic carbocycles. The number of rotatable bonds is 5. The molecule has 0 saturated carbocycles. The van der Waals surface area contributed by atoms with Crippen LogP contribution in [-0.4, -0.2) is 19.8 Å². The molecule has 0 amide bonds. The first-order valence-electron chi connectivity index (χ1n) is 6.66. The average Bonchev–Trinajstić information content (AvgIpc) is 2.46. The Hall–Kier alpha value is -1.17. The largest absolute Gasteiger partial charge is 0.494 e. The van der Waals surface area contributed by atoms with Gasteiger partial charge in [-0.25, -0.2) is 4.39 Å². The van der Waals surface area contributed by atoms with Crippen molar-refractivity contribution in [1.82, 2.24) is 5.43 Å². The second-order valence-electron chi connectivity index (χ2n) is 4.81. The minimum Gasteiger partial charge on any atom is -0.494 e. The highest BCUT2D eigenvalue weighted by Crippen LogP contribution is 2.29. The Morgan fingerprint density at radius 2 is 2.37 bits per heavy atom. The Bertz CT molecular complexity index is 408. The molecule has 1 heterocycles. The van der Waals surface area contributed by atoms with Crippen molar-refractivity contribution in [1.29, 1.82) is 0 Å². The maximum absolute atomic E-state index is 14.2. The van der Waals surface area contributed by atoms with Gasteiger partial charge in [0.2, 0.25) is 0 Å². The summed E-state index contributed by atoms with van der Waals surface area (Å²) < 4.78 is 24.9. The molecule has 2 unspecified atom stereocenters. The van der Waals surface area contributed by atoms with Gasteiger partial charge >= 0.3 is 0 Å². The molecule has 2 atom stereocenters. The van der Waals surface area contributed by atoms with Crippen LogP contribution in [0.5, 0.6) is 5.75 Å². The third-order valence-electron chi connectivity index (χ3n) is 3.56. The molecular weight excluding hydrogens is 247 g/mol. The number of hydrogen-bond acceptors (Lipinski definition) is 4. The number of hydrogen-bond donors (Lipinski definition) is 2. The normalized spacial score (nSPS) is 21.1. The molecule has 1 aliphatic heterocycles. The first-order chi connectivity index (χ1) is 9.26. The summed E-state index contributed by atoms with van der Waals surface area (Å²) in [6, 6.07) is 4.83. The van der Waals surface area contributed by atoms with Crippen LogP contribution in [0, 0.1) is 5.82 Å². The topological polar surface area (TPSA) is 56.5 Å². The lowest BCUT2D eigenvalue weighted by atomic mass is 9.96. The molecule has 1 aliphatic rings. The highest BCUT2D eigenvalue weighted by molar-refractivity contribution is 5.33. The molecule has 0 bridgehead atoms. The molecule has 0 radical (unpaired) electrons. The number of ether oxygens (including phenoxy) is 2. The minimum atomic E-state index is -0.358. The van der Waals surface area contributed by atoms with E-state index in [-0.39, 0.29) is 23.7 Å². The fourth-order valence-electron chi connectivity index (χ4n) is 2.50. The van der Waals surface area contributed by atoms with E-state index >= 15 is 0 Å². The summed E-state index contributed by atoms with van der Waals surface area (Å²) in [4.78, 5) is 0. The van der Waals surface area contributed by atoms with Gasteiger partial charge in [0.15, 0.2) is 11.6 Å². The van der Waals surface area contributed by atoms with Crippen LogP contribution in [0.25, 0.3) is 0 Å². The molecule has 1 fully saturated rings. The van der Waals surface area contributed by atoms with Gasteiger partial charge in [-0.2, -0.15) is 0 Å². The lowest BCUT2D eigenvalue weighted by Gasteiger charge is -2.27. The zero-order valence-corrected chi connectivity index (χ0v) is 11.2. The summed E-state index contributed by atoms with van der Waals surface area (Å²) >= 11 is 0. The van der Waals surface area contributed by atoms with Crippen molar-refractivity contribution in [2.24, 2.45) is 5.84 Å². The van der Waals surface area contributed by atoms with Gasteiger partial charge in [0.1, 0.15) is 0 Å². The molecule has 1 aromatic rings. The predicted molar refractivity (Wildman–Crippen MR) is 71.2 cm³/mol. The first-order valence-corrected chi connectivity index (χ1v) is 6.66. The van der Waals surface area contributed by atoms with Crippen molar-refractivity contribution in [2.75, 3.05) is 13.7 Å². The number of halogens is 1. The quantitative estimate of drug-likeness (QED) is 0.635. The van der Waals surface area contributed by atoms with Crippen molar-refractivity contribution in [3.8, 4) is 5.75 Å². The molecule has 3 N–H and O–H groups in total. The summed E-state index contributed by atoms with van der Waals surface area (Å²) in [5, 5.41) is 0. The molecule has 0 spiro atoms. The predicted octanol–water partition coefficient (Wildman–Crippen LogP) is 2.30. The smallest absolute Gasteiger partial charge is 0.169 e. The number of nitrogens with two attached hydrogens (primary N) is 1. The van der Waals surface area contributed by atoms with E-state index in [9.17, 15) is 4.39 Å². The lowest BCUT2D eigenvalue weighted by molar-refractivity contribution is 0.00481. The van der Waals surface area contributed by atoms with E-state index in [1.165, 1.54) is 7.11 Å². The summed E-state index contributed by atoms with van der Waals surface area (Å²) in [5.74, 6) is 5.45. The van der Waals surface area contributed by atoms with E-state index < -0.39 is 0 Å². The van der Waals surface area contributed by atoms with E-state index in [2.05, 4.69) is 5.43 Å². The Labute approximate surface area is 113 Å². The highest BCUT2D eigenvalue weighted by atomic mass is 19.1. The number of nitrogens with one attached hydrogen (secondary N) is 1. The van der Waals surface area contributed by atoms with E-state index in [4.69, 9.17) is 15.3 Å². The Morgan fingerprint density at radius 1 is 1.53 bits per heavy atom. The molecule has 1 saturated heterocycles. The maximum atomic E-state index is 14.2. The third-order valence-corrected chi connectivity index (χ3v) is 3.56. The van der Waals surface area contributed by atoms with Crippen LogP contribution in [0.4, 0.5) is 4.39 Å². The van der Waals surface area contributed by atoms with Crippen LogP contribution in [0.15, 0.2) is 18.2 Å². The molecule has 2 rings (SSSR count). The molecule has 19 heavy (non-hydrogen) atoms. The van der Waals surface area contributed by atoms with Gasteiger partial charge in [0.05, 0.1) is 19.3 Å². The molecule has 4 nitrogen and oxygen atoms in total. The van der Waals surface area contributed by atoms with Crippen LogP contribution in [0.3, 0.4) is 0 Å². The average molecular weight is 268 g/mol. The van der Waals surface area contributed by atoms with E-state index in [1.54, 1.807) is 18.2 Å². The Morgan fingerprint density at radius 3 is 3.00 bits per heavy atom. The van der Waals surface area contributed by atoms with Gasteiger partial charge in [-0.3, -0.25) is 11.3 Å². The van der Waals surface area contributed by atoms with Crippen LogP contribution in [-0.2, 0) is 4.74 Å². The van der Waals surface area contributed by atoms with Gasteiger partial charge in [0, 0.05) is 12.2 Å². The van der Waals surface area contributed by atoms with Gasteiger partial charge in [0.25, 0.3) is 0 Å². The monoisotopic (exact) mass is 268 g/mol. The van der Waals surface area contributed by atoms with Gasteiger partial charge in [-0.1, -0.05) is 12.1 Å². The Balaban J connectivity index is 2.12. The van der Waals surface area contributed by atoms with Gasteiger partial charge in [-0.05, 0) is 31.7 Å². The summed E-state index contributed by atoms with van der Waals surface area (Å²) in [7, 11) is 1.46. The maximum Gasteiger partial charge on any atom is 0.169 e. The summed E-state index contributed by atoms with van der Waals surface area (Å²) in [6.07, 6.45) is 4.07. The zero-order valence-electron chi connectivity index (χ0n) is 11.2. The van der Waals surface area contributed by atoms with Crippen molar-refractivity contribution in [2.45, 2.75) is 37.8 Å². The molecular formula is C14H21FN2O2. The molecule has 106 valence electrons. The third kappa shape index (κ3) is 3.43. The fourth-order valence-corrected chi connectivity index (χ4v) is 2.50. The van der Waals surface area contributed by atoms with Crippen molar-refractivity contribution in [3.05, 3.63) is 29.6 Å². The number of benzene rings is 1. The van der Waals surface area contributed by atoms with E-state index in [1.807, 2.05) is 0 Å². The summed E-state index contributed by atoms with van der Waals surface area (Å²) in [6.45, 7) is 0.780. The van der Waals surface area contributed by atoms with Crippen molar-refractivity contribution in [3.63, 3.8) is 0 Å². The molecule has 5 heteroatoms. The van der Waals surface area contributed by atoms with Crippen LogP contribution in [0.1, 0.15) is 37.3 Å². The second kappa shape index (κ2) is 6.84. The second-order valence-corrected chi connectivity index (χ2v) is 4.81. The Kier molecular flexibility index (Phi) is 5.13. The molecule has 0 aromatic heterocycles. The van der Waals surface area contributed by atoms with Crippen molar-refractivity contribution < 1.29 is 13.9 Å².